The lowest BCUT2D eigenvalue weighted by atomic mass is 10.00. The molecule has 1 amide bonds. The molecule has 156 valence electrons. The number of nitrogens with zero attached hydrogens (tertiary/aromatic N) is 1. The van der Waals surface area contributed by atoms with Gasteiger partial charge < -0.3 is 14.7 Å². The lowest BCUT2D eigenvalue weighted by Gasteiger charge is -2.20. The maximum atomic E-state index is 12.7. The molecule has 3 aromatic rings. The van der Waals surface area contributed by atoms with Crippen LogP contribution >= 0.6 is 11.6 Å². The third-order valence-corrected chi connectivity index (χ3v) is 4.67. The van der Waals surface area contributed by atoms with Gasteiger partial charge in [-0.05, 0) is 47.3 Å². The standard InChI is InChI=1S/C21H20ClN3O5/c1-12(21(28)29)23-17(20(27)24-19-11-18(26)25-30-19)9-13-5-7-14(8-6-13)15-3-2-4-16(22)10-15/h2-8,10-12,17,23H,9H2,1H3,(H,24,27)(H,25,26)(H,28,29)/t12-,17+/m0/s1. The summed E-state index contributed by atoms with van der Waals surface area (Å²) >= 11 is 6.04. The summed E-state index contributed by atoms with van der Waals surface area (Å²) in [6.45, 7) is 1.45. The number of anilines is 1. The molecule has 0 unspecified atom stereocenters. The molecular formula is C21H20ClN3O5. The first-order valence-electron chi connectivity index (χ1n) is 9.12. The van der Waals surface area contributed by atoms with Gasteiger partial charge in [0.15, 0.2) is 0 Å². The van der Waals surface area contributed by atoms with Crippen molar-refractivity contribution in [1.29, 1.82) is 0 Å². The van der Waals surface area contributed by atoms with E-state index in [4.69, 9.17) is 16.1 Å². The average Bonchev–Trinajstić information content (AvgIpc) is 3.12. The Bertz CT molecular complexity index is 1040. The largest absolute Gasteiger partial charge is 0.491 e. The summed E-state index contributed by atoms with van der Waals surface area (Å²) in [5.74, 6) is -2.01. The second-order valence-electron chi connectivity index (χ2n) is 6.73. The monoisotopic (exact) mass is 429 g/mol. The molecule has 0 radical (unpaired) electrons. The van der Waals surface area contributed by atoms with Gasteiger partial charge in [0.1, 0.15) is 6.04 Å². The van der Waals surface area contributed by atoms with Gasteiger partial charge in [0, 0.05) is 5.02 Å². The molecule has 0 spiro atoms. The third kappa shape index (κ3) is 5.59. The number of benzene rings is 2. The summed E-state index contributed by atoms with van der Waals surface area (Å²) in [5, 5.41) is 27.6. The zero-order chi connectivity index (χ0) is 21.7. The van der Waals surface area contributed by atoms with Crippen molar-refractivity contribution in [2.45, 2.75) is 25.4 Å². The Hall–Kier alpha value is -3.36. The first-order valence-corrected chi connectivity index (χ1v) is 9.50. The molecule has 30 heavy (non-hydrogen) atoms. The third-order valence-electron chi connectivity index (χ3n) is 4.43. The van der Waals surface area contributed by atoms with Gasteiger partial charge >= 0.3 is 5.97 Å². The molecule has 9 heteroatoms. The molecule has 4 N–H and O–H groups in total. The van der Waals surface area contributed by atoms with E-state index in [1.54, 1.807) is 6.07 Å². The number of carboxylic acids is 1. The maximum absolute atomic E-state index is 12.7. The summed E-state index contributed by atoms with van der Waals surface area (Å²) in [6.07, 6.45) is 0.236. The van der Waals surface area contributed by atoms with Crippen molar-refractivity contribution in [2.75, 3.05) is 5.32 Å². The highest BCUT2D eigenvalue weighted by Gasteiger charge is 2.25. The number of rotatable bonds is 8. The van der Waals surface area contributed by atoms with E-state index in [0.29, 0.717) is 5.02 Å². The normalized spacial score (nSPS) is 12.9. The molecule has 0 bridgehead atoms. The Labute approximate surface area is 177 Å². The first kappa shape index (κ1) is 21.4. The number of aliphatic carboxylic acids is 1. The zero-order valence-corrected chi connectivity index (χ0v) is 16.8. The van der Waals surface area contributed by atoms with Crippen molar-refractivity contribution in [2.24, 2.45) is 0 Å². The SMILES string of the molecule is C[C@H](N[C@H](Cc1ccc(-c2cccc(Cl)c2)cc1)C(=O)Nc1cc(O)no1)C(=O)O. The highest BCUT2D eigenvalue weighted by Crippen LogP contribution is 2.23. The summed E-state index contributed by atoms with van der Waals surface area (Å²) in [6, 6.07) is 14.3. The molecule has 8 nitrogen and oxygen atoms in total. The first-order chi connectivity index (χ1) is 14.3. The van der Waals surface area contributed by atoms with Crippen LogP contribution in [0.4, 0.5) is 5.88 Å². The summed E-state index contributed by atoms with van der Waals surface area (Å²) in [7, 11) is 0. The predicted octanol–water partition coefficient (Wildman–Crippen LogP) is 3.31. The van der Waals surface area contributed by atoms with Gasteiger partial charge in [0.2, 0.25) is 11.8 Å². The molecule has 0 fully saturated rings. The number of halogens is 1. The maximum Gasteiger partial charge on any atom is 0.320 e. The van der Waals surface area contributed by atoms with Crippen LogP contribution in [-0.2, 0) is 16.0 Å². The van der Waals surface area contributed by atoms with Crippen molar-refractivity contribution >= 4 is 29.4 Å². The van der Waals surface area contributed by atoms with Crippen molar-refractivity contribution in [3.8, 4) is 17.0 Å². The Kier molecular flexibility index (Phi) is 6.71. The van der Waals surface area contributed by atoms with Crippen LogP contribution in [0.25, 0.3) is 11.1 Å². The molecule has 0 aliphatic carbocycles. The molecule has 3 rings (SSSR count). The quantitative estimate of drug-likeness (QED) is 0.433. The van der Waals surface area contributed by atoms with Crippen molar-refractivity contribution in [1.82, 2.24) is 10.5 Å². The Morgan fingerprint density at radius 1 is 1.13 bits per heavy atom. The van der Waals surface area contributed by atoms with Crippen LogP contribution in [0.3, 0.4) is 0 Å². The molecule has 0 aliphatic rings. The van der Waals surface area contributed by atoms with Crippen molar-refractivity contribution < 1.29 is 24.3 Å². The number of carbonyl (C=O) groups is 2. The molecular weight excluding hydrogens is 410 g/mol. The number of aromatic nitrogens is 1. The summed E-state index contributed by atoms with van der Waals surface area (Å²) in [4.78, 5) is 23.9. The number of aromatic hydroxyl groups is 1. The number of hydrogen-bond acceptors (Lipinski definition) is 6. The van der Waals surface area contributed by atoms with Crippen LogP contribution in [-0.4, -0.2) is 39.3 Å². The highest BCUT2D eigenvalue weighted by atomic mass is 35.5. The van der Waals surface area contributed by atoms with Crippen LogP contribution < -0.4 is 10.6 Å². The molecule has 2 atom stereocenters. The van der Waals surface area contributed by atoms with E-state index in [0.717, 1.165) is 22.8 Å². The van der Waals surface area contributed by atoms with E-state index in [1.807, 2.05) is 42.5 Å². The lowest BCUT2D eigenvalue weighted by molar-refractivity contribution is -0.139. The number of nitrogens with one attached hydrogen (secondary N) is 2. The average molecular weight is 430 g/mol. The molecule has 1 heterocycles. The van der Waals surface area contributed by atoms with Crippen LogP contribution in [0.5, 0.6) is 5.88 Å². The Morgan fingerprint density at radius 2 is 1.87 bits per heavy atom. The minimum absolute atomic E-state index is 0.0383. The number of hydrogen-bond donors (Lipinski definition) is 4. The number of carbonyl (C=O) groups excluding carboxylic acids is 1. The van der Waals surface area contributed by atoms with Gasteiger partial charge in [0.25, 0.3) is 5.88 Å². The van der Waals surface area contributed by atoms with Gasteiger partial charge in [-0.25, -0.2) is 0 Å². The Morgan fingerprint density at radius 3 is 2.47 bits per heavy atom. The van der Waals surface area contributed by atoms with E-state index in [2.05, 4.69) is 15.8 Å². The minimum Gasteiger partial charge on any atom is -0.491 e. The van der Waals surface area contributed by atoms with E-state index in [9.17, 15) is 19.8 Å². The topological polar surface area (TPSA) is 125 Å². The van der Waals surface area contributed by atoms with Gasteiger partial charge in [-0.15, -0.1) is 0 Å². The lowest BCUT2D eigenvalue weighted by Crippen LogP contribution is -2.48. The second kappa shape index (κ2) is 9.43. The fourth-order valence-corrected chi connectivity index (χ4v) is 3.06. The van der Waals surface area contributed by atoms with Crippen LogP contribution in [0.2, 0.25) is 5.02 Å². The van der Waals surface area contributed by atoms with Crippen LogP contribution in [0, 0.1) is 0 Å². The summed E-state index contributed by atoms with van der Waals surface area (Å²) in [5.41, 5.74) is 2.75. The molecule has 1 aromatic heterocycles. The van der Waals surface area contributed by atoms with Crippen LogP contribution in [0.15, 0.2) is 59.1 Å². The van der Waals surface area contributed by atoms with Gasteiger partial charge in [-0.1, -0.05) is 48.0 Å². The van der Waals surface area contributed by atoms with Gasteiger partial charge in [-0.3, -0.25) is 20.2 Å². The smallest absolute Gasteiger partial charge is 0.320 e. The fraction of sp³-hybridized carbons (Fsp3) is 0.190. The minimum atomic E-state index is -1.08. The van der Waals surface area contributed by atoms with E-state index < -0.39 is 24.0 Å². The molecule has 0 aliphatic heterocycles. The predicted molar refractivity (Wildman–Crippen MR) is 111 cm³/mol. The van der Waals surface area contributed by atoms with Crippen LogP contribution in [0.1, 0.15) is 12.5 Å². The van der Waals surface area contributed by atoms with Crippen molar-refractivity contribution in [3.05, 3.63) is 65.2 Å². The zero-order valence-electron chi connectivity index (χ0n) is 16.0. The van der Waals surface area contributed by atoms with Crippen molar-refractivity contribution in [3.63, 3.8) is 0 Å². The molecule has 2 aromatic carbocycles. The molecule has 0 saturated carbocycles. The second-order valence-corrected chi connectivity index (χ2v) is 7.17. The van der Waals surface area contributed by atoms with E-state index in [1.165, 1.54) is 6.92 Å². The number of amides is 1. The summed E-state index contributed by atoms with van der Waals surface area (Å²) < 4.78 is 4.78. The van der Waals surface area contributed by atoms with Gasteiger partial charge in [-0.2, -0.15) is 0 Å². The highest BCUT2D eigenvalue weighted by molar-refractivity contribution is 6.30. The number of carboxylic acid groups (broad SMARTS) is 1. The van der Waals surface area contributed by atoms with E-state index in [-0.39, 0.29) is 18.2 Å². The Balaban J connectivity index is 1.76. The fourth-order valence-electron chi connectivity index (χ4n) is 2.87. The van der Waals surface area contributed by atoms with Gasteiger partial charge in [0.05, 0.1) is 12.1 Å². The molecule has 0 saturated heterocycles. The van der Waals surface area contributed by atoms with E-state index >= 15 is 0 Å².